The standard InChI is InChI=1S/C25H18N2O4/c1-25-16-10-4-2-8-14(16)20(15-9-3-5-11-17(15)25)21-22(25)24(29)26(23(21)28)18-12-6-7-13-19(18)27(30)31/h2-13,20-22H,1H3. The van der Waals surface area contributed by atoms with Gasteiger partial charge in [0.1, 0.15) is 5.69 Å². The van der Waals surface area contributed by atoms with Crippen LogP contribution in [0, 0.1) is 22.0 Å². The molecule has 2 bridgehead atoms. The molecule has 0 radical (unpaired) electrons. The molecule has 2 unspecified atom stereocenters. The average molecular weight is 410 g/mol. The van der Waals surface area contributed by atoms with Gasteiger partial charge in [-0.1, -0.05) is 67.6 Å². The highest BCUT2D eigenvalue weighted by atomic mass is 16.6. The molecule has 3 aromatic rings. The fourth-order valence-corrected chi connectivity index (χ4v) is 6.20. The number of anilines is 1. The number of para-hydroxylation sites is 2. The Hall–Kier alpha value is -3.80. The minimum atomic E-state index is -0.683. The Bertz CT molecular complexity index is 1270. The number of nitrogens with zero attached hydrogens (tertiary/aromatic N) is 2. The molecule has 3 aromatic carbocycles. The molecule has 3 aliphatic carbocycles. The van der Waals surface area contributed by atoms with Crippen molar-refractivity contribution in [2.24, 2.45) is 11.8 Å². The molecular weight excluding hydrogens is 392 g/mol. The quantitative estimate of drug-likeness (QED) is 0.361. The fraction of sp³-hybridized carbons (Fsp3) is 0.200. The maximum Gasteiger partial charge on any atom is 0.293 e. The van der Waals surface area contributed by atoms with Crippen LogP contribution in [0.25, 0.3) is 0 Å². The molecule has 2 amide bonds. The van der Waals surface area contributed by atoms with Crippen molar-refractivity contribution in [2.75, 3.05) is 4.90 Å². The van der Waals surface area contributed by atoms with Crippen molar-refractivity contribution in [2.45, 2.75) is 18.3 Å². The van der Waals surface area contributed by atoms with Crippen LogP contribution in [-0.4, -0.2) is 16.7 Å². The monoisotopic (exact) mass is 410 g/mol. The van der Waals surface area contributed by atoms with E-state index in [1.54, 1.807) is 6.07 Å². The van der Waals surface area contributed by atoms with Crippen molar-refractivity contribution in [3.8, 4) is 0 Å². The largest absolute Gasteiger partial charge is 0.293 e. The normalized spacial score (nSPS) is 27.6. The molecule has 0 saturated carbocycles. The molecule has 0 N–H and O–H groups in total. The van der Waals surface area contributed by atoms with Gasteiger partial charge in [0.2, 0.25) is 11.8 Å². The van der Waals surface area contributed by atoms with Gasteiger partial charge in [-0.2, -0.15) is 0 Å². The Balaban J connectivity index is 1.62. The summed E-state index contributed by atoms with van der Waals surface area (Å²) in [6, 6.07) is 22.0. The Labute approximate surface area is 178 Å². The molecule has 1 saturated heterocycles. The first-order chi connectivity index (χ1) is 15.0. The van der Waals surface area contributed by atoms with E-state index < -0.39 is 22.2 Å². The Morgan fingerprint density at radius 3 is 2.00 bits per heavy atom. The maximum atomic E-state index is 13.8. The number of benzene rings is 3. The smallest absolute Gasteiger partial charge is 0.274 e. The van der Waals surface area contributed by atoms with Crippen molar-refractivity contribution in [3.63, 3.8) is 0 Å². The highest BCUT2D eigenvalue weighted by molar-refractivity contribution is 6.24. The van der Waals surface area contributed by atoms with Crippen LogP contribution in [0.5, 0.6) is 0 Å². The van der Waals surface area contributed by atoms with Gasteiger partial charge in [-0.15, -0.1) is 0 Å². The molecule has 4 aliphatic rings. The number of carbonyl (C=O) groups excluding carboxylic acids is 2. The number of nitro benzene ring substituents is 1. The molecule has 0 spiro atoms. The third-order valence-electron chi connectivity index (χ3n) is 7.36. The molecule has 6 nitrogen and oxygen atoms in total. The molecule has 152 valence electrons. The first kappa shape index (κ1) is 18.0. The third kappa shape index (κ3) is 2.02. The molecular formula is C25H18N2O4. The summed E-state index contributed by atoms with van der Waals surface area (Å²) < 4.78 is 0. The molecule has 1 heterocycles. The Kier molecular flexibility index (Phi) is 3.41. The Morgan fingerprint density at radius 2 is 1.39 bits per heavy atom. The first-order valence-electron chi connectivity index (χ1n) is 10.3. The first-order valence-corrected chi connectivity index (χ1v) is 10.3. The summed E-state index contributed by atoms with van der Waals surface area (Å²) in [5.41, 5.74) is 3.38. The van der Waals surface area contributed by atoms with Gasteiger partial charge in [-0.25, -0.2) is 4.90 Å². The van der Waals surface area contributed by atoms with Crippen LogP contribution in [0.2, 0.25) is 0 Å². The number of hydrogen-bond donors (Lipinski definition) is 0. The molecule has 7 rings (SSSR count). The lowest BCUT2D eigenvalue weighted by Crippen LogP contribution is -2.51. The number of rotatable bonds is 2. The second-order valence-electron chi connectivity index (χ2n) is 8.62. The number of hydrogen-bond acceptors (Lipinski definition) is 4. The minimum absolute atomic E-state index is 0.0491. The van der Waals surface area contributed by atoms with E-state index in [0.717, 1.165) is 27.2 Å². The summed E-state index contributed by atoms with van der Waals surface area (Å²) in [5.74, 6) is -2.15. The van der Waals surface area contributed by atoms with E-state index in [0.29, 0.717) is 0 Å². The van der Waals surface area contributed by atoms with Gasteiger partial charge in [0, 0.05) is 17.4 Å². The summed E-state index contributed by atoms with van der Waals surface area (Å²) in [6.07, 6.45) is 0. The zero-order chi connectivity index (χ0) is 21.5. The van der Waals surface area contributed by atoms with E-state index in [-0.39, 0.29) is 29.1 Å². The van der Waals surface area contributed by atoms with Crippen LogP contribution in [0.3, 0.4) is 0 Å². The molecule has 31 heavy (non-hydrogen) atoms. The summed E-state index contributed by atoms with van der Waals surface area (Å²) >= 11 is 0. The second-order valence-corrected chi connectivity index (χ2v) is 8.62. The Morgan fingerprint density at radius 1 is 0.839 bits per heavy atom. The van der Waals surface area contributed by atoms with Crippen molar-refractivity contribution >= 4 is 23.2 Å². The summed E-state index contributed by atoms with van der Waals surface area (Å²) in [4.78, 5) is 39.7. The van der Waals surface area contributed by atoms with Gasteiger partial charge in [-0.05, 0) is 28.3 Å². The van der Waals surface area contributed by atoms with Crippen molar-refractivity contribution < 1.29 is 14.5 Å². The van der Waals surface area contributed by atoms with E-state index in [9.17, 15) is 19.7 Å². The molecule has 1 fully saturated rings. The highest BCUT2D eigenvalue weighted by Gasteiger charge is 2.66. The fourth-order valence-electron chi connectivity index (χ4n) is 6.20. The van der Waals surface area contributed by atoms with Gasteiger partial charge < -0.3 is 0 Å². The second kappa shape index (κ2) is 5.88. The van der Waals surface area contributed by atoms with Crippen molar-refractivity contribution in [1.82, 2.24) is 0 Å². The number of amides is 2. The van der Waals surface area contributed by atoms with Gasteiger partial charge in [0.05, 0.1) is 16.8 Å². The van der Waals surface area contributed by atoms with Gasteiger partial charge >= 0.3 is 0 Å². The topological polar surface area (TPSA) is 80.5 Å². The van der Waals surface area contributed by atoms with E-state index in [1.807, 2.05) is 55.5 Å². The van der Waals surface area contributed by atoms with Crippen molar-refractivity contribution in [3.05, 3.63) is 105 Å². The number of carbonyl (C=O) groups is 2. The summed E-state index contributed by atoms with van der Waals surface area (Å²) in [5, 5.41) is 11.6. The average Bonchev–Trinajstić information content (AvgIpc) is 3.05. The number of nitro groups is 1. The lowest BCUT2D eigenvalue weighted by atomic mass is 9.48. The van der Waals surface area contributed by atoms with Crippen LogP contribution in [0.1, 0.15) is 35.1 Å². The van der Waals surface area contributed by atoms with Crippen LogP contribution < -0.4 is 4.90 Å². The van der Waals surface area contributed by atoms with Crippen LogP contribution in [0.4, 0.5) is 11.4 Å². The molecule has 6 heteroatoms. The van der Waals surface area contributed by atoms with Crippen LogP contribution in [-0.2, 0) is 15.0 Å². The highest BCUT2D eigenvalue weighted by Crippen LogP contribution is 2.64. The lowest BCUT2D eigenvalue weighted by Gasteiger charge is -2.52. The minimum Gasteiger partial charge on any atom is -0.274 e. The predicted molar refractivity (Wildman–Crippen MR) is 114 cm³/mol. The van der Waals surface area contributed by atoms with Gasteiger partial charge in [-0.3, -0.25) is 19.7 Å². The van der Waals surface area contributed by atoms with Crippen LogP contribution >= 0.6 is 0 Å². The lowest BCUT2D eigenvalue weighted by molar-refractivity contribution is -0.384. The zero-order valence-electron chi connectivity index (χ0n) is 16.7. The van der Waals surface area contributed by atoms with E-state index >= 15 is 0 Å². The number of imide groups is 1. The van der Waals surface area contributed by atoms with E-state index in [4.69, 9.17) is 0 Å². The van der Waals surface area contributed by atoms with E-state index in [2.05, 4.69) is 0 Å². The zero-order valence-corrected chi connectivity index (χ0v) is 16.7. The SMILES string of the molecule is CC12c3ccccc3C(c3ccccc31)C1C(=O)N(c3ccccc3[N+](=O)[O-])C(=O)C12. The van der Waals surface area contributed by atoms with Crippen molar-refractivity contribution in [1.29, 1.82) is 0 Å². The summed E-state index contributed by atoms with van der Waals surface area (Å²) in [6.45, 7) is 2.03. The maximum absolute atomic E-state index is 13.8. The predicted octanol–water partition coefficient (Wildman–Crippen LogP) is 4.17. The molecule has 2 atom stereocenters. The van der Waals surface area contributed by atoms with Gasteiger partial charge in [0.25, 0.3) is 5.69 Å². The van der Waals surface area contributed by atoms with E-state index in [1.165, 1.54) is 18.2 Å². The third-order valence-corrected chi connectivity index (χ3v) is 7.36. The molecule has 0 aromatic heterocycles. The molecule has 1 aliphatic heterocycles. The summed E-state index contributed by atoms with van der Waals surface area (Å²) in [7, 11) is 0. The van der Waals surface area contributed by atoms with Crippen LogP contribution in [0.15, 0.2) is 72.8 Å². The van der Waals surface area contributed by atoms with Gasteiger partial charge in [0.15, 0.2) is 0 Å².